The van der Waals surface area contributed by atoms with Gasteiger partial charge >= 0.3 is 6.61 Å². The molecule has 1 aromatic rings. The van der Waals surface area contributed by atoms with Crippen molar-refractivity contribution in [2.45, 2.75) is 63.4 Å². The van der Waals surface area contributed by atoms with Gasteiger partial charge in [-0.15, -0.1) is 0 Å². The van der Waals surface area contributed by atoms with Crippen LogP contribution in [0.3, 0.4) is 0 Å². The van der Waals surface area contributed by atoms with E-state index in [-0.39, 0.29) is 36.2 Å². The molecule has 29 heavy (non-hydrogen) atoms. The van der Waals surface area contributed by atoms with Crippen LogP contribution >= 0.6 is 0 Å². The number of fused-ring (bicyclic) bond motifs is 1. The van der Waals surface area contributed by atoms with Crippen molar-refractivity contribution in [3.63, 3.8) is 0 Å². The summed E-state index contributed by atoms with van der Waals surface area (Å²) in [5, 5.41) is 3.16. The van der Waals surface area contributed by atoms with Crippen molar-refractivity contribution in [1.29, 1.82) is 0 Å². The molecule has 0 aromatic heterocycles. The lowest BCUT2D eigenvalue weighted by atomic mass is 9.82. The van der Waals surface area contributed by atoms with Gasteiger partial charge in [0, 0.05) is 31.6 Å². The summed E-state index contributed by atoms with van der Waals surface area (Å²) in [6.07, 6.45) is 3.98. The molecule has 1 aromatic carbocycles. The smallest absolute Gasteiger partial charge is 0.387 e. The second-order valence-corrected chi connectivity index (χ2v) is 7.96. The van der Waals surface area contributed by atoms with E-state index in [1.807, 2.05) is 0 Å². The third kappa shape index (κ3) is 4.51. The number of ether oxygens (including phenoxy) is 1. The number of halogens is 2. The monoisotopic (exact) mass is 408 g/mol. The van der Waals surface area contributed by atoms with Gasteiger partial charge in [0.25, 0.3) is 0 Å². The van der Waals surface area contributed by atoms with Crippen LogP contribution in [0.4, 0.5) is 8.78 Å². The zero-order valence-corrected chi connectivity index (χ0v) is 16.1. The van der Waals surface area contributed by atoms with E-state index in [9.17, 15) is 18.4 Å². The first kappa shape index (κ1) is 20.0. The Morgan fingerprint density at radius 2 is 2.03 bits per heavy atom. The maximum absolute atomic E-state index is 13.0. The predicted octanol–water partition coefficient (Wildman–Crippen LogP) is 1.54. The second kappa shape index (κ2) is 8.62. The molecule has 0 radical (unpaired) electrons. The molecular weight excluding hydrogens is 382 g/mol. The van der Waals surface area contributed by atoms with Gasteiger partial charge in [-0.1, -0.05) is 18.6 Å². The van der Waals surface area contributed by atoms with Crippen LogP contribution in [0.15, 0.2) is 24.3 Å². The number of nitrogens with zero attached hydrogens (tertiary/aromatic N) is 1. The molecule has 0 bridgehead atoms. The fourth-order valence-electron chi connectivity index (χ4n) is 4.66. The third-order valence-electron chi connectivity index (χ3n) is 6.12. The lowest BCUT2D eigenvalue weighted by Gasteiger charge is -2.35. The van der Waals surface area contributed by atoms with Gasteiger partial charge in [-0.2, -0.15) is 8.78 Å². The Morgan fingerprint density at radius 3 is 2.79 bits per heavy atom. The number of carbonyl (C=O) groups excluding carboxylic acids is 2. The summed E-state index contributed by atoms with van der Waals surface area (Å²) < 4.78 is 28.9. The molecule has 9 heteroatoms. The van der Waals surface area contributed by atoms with Gasteiger partial charge in [0.1, 0.15) is 11.8 Å². The van der Waals surface area contributed by atoms with E-state index in [1.54, 1.807) is 17.0 Å². The SMILES string of the molecule is O=C(NC1CCCC2CNNC21)C1CCC(=O)N1Cc1ccc(OC(F)F)cc1. The highest BCUT2D eigenvalue weighted by atomic mass is 19.3. The van der Waals surface area contributed by atoms with E-state index >= 15 is 0 Å². The highest BCUT2D eigenvalue weighted by molar-refractivity contribution is 5.91. The van der Waals surface area contributed by atoms with Gasteiger partial charge in [-0.25, -0.2) is 0 Å². The summed E-state index contributed by atoms with van der Waals surface area (Å²) in [4.78, 5) is 26.9. The topological polar surface area (TPSA) is 82.7 Å². The number of amides is 2. The van der Waals surface area contributed by atoms with Crippen LogP contribution in [0.2, 0.25) is 0 Å². The lowest BCUT2D eigenvalue weighted by Crippen LogP contribution is -2.56. The summed E-state index contributed by atoms with van der Waals surface area (Å²) in [7, 11) is 0. The Balaban J connectivity index is 1.39. The number of hydrogen-bond acceptors (Lipinski definition) is 5. The van der Waals surface area contributed by atoms with E-state index in [2.05, 4.69) is 20.9 Å². The summed E-state index contributed by atoms with van der Waals surface area (Å²) in [5.41, 5.74) is 7.21. The van der Waals surface area contributed by atoms with Crippen molar-refractivity contribution in [3.8, 4) is 5.75 Å². The molecule has 2 saturated heterocycles. The van der Waals surface area contributed by atoms with Gasteiger partial charge < -0.3 is 15.0 Å². The van der Waals surface area contributed by atoms with Gasteiger partial charge in [0.2, 0.25) is 11.8 Å². The first-order valence-corrected chi connectivity index (χ1v) is 10.1. The van der Waals surface area contributed by atoms with Crippen LogP contribution in [0.1, 0.15) is 37.7 Å². The Kier molecular flexibility index (Phi) is 5.96. The van der Waals surface area contributed by atoms with E-state index in [1.165, 1.54) is 12.1 Å². The summed E-state index contributed by atoms with van der Waals surface area (Å²) >= 11 is 0. The number of carbonyl (C=O) groups is 2. The zero-order chi connectivity index (χ0) is 20.4. The van der Waals surface area contributed by atoms with Crippen LogP contribution in [-0.2, 0) is 16.1 Å². The number of rotatable bonds is 6. The molecule has 4 rings (SSSR count). The first-order chi connectivity index (χ1) is 14.0. The molecule has 2 aliphatic heterocycles. The standard InChI is InChI=1S/C20H26F2N4O3/c21-20(22)29-14-6-4-12(5-7-14)11-26-16(8-9-17(26)27)19(28)24-15-3-1-2-13-10-23-25-18(13)15/h4-7,13,15-16,18,20,23,25H,1-3,8-11H2,(H,24,28). The Hall–Kier alpha value is -2.26. The predicted molar refractivity (Wildman–Crippen MR) is 101 cm³/mol. The first-order valence-electron chi connectivity index (χ1n) is 10.1. The highest BCUT2D eigenvalue weighted by Gasteiger charge is 2.41. The minimum absolute atomic E-state index is 0.0552. The van der Waals surface area contributed by atoms with E-state index in [0.29, 0.717) is 18.8 Å². The largest absolute Gasteiger partial charge is 0.435 e. The number of alkyl halides is 2. The fraction of sp³-hybridized carbons (Fsp3) is 0.600. The molecule has 3 N–H and O–H groups in total. The molecule has 3 aliphatic rings. The average molecular weight is 408 g/mol. The highest BCUT2D eigenvalue weighted by Crippen LogP contribution is 2.28. The number of hydrazine groups is 1. The van der Waals surface area contributed by atoms with Gasteiger partial charge in [-0.05, 0) is 42.9 Å². The molecule has 2 amide bonds. The molecule has 2 heterocycles. The van der Waals surface area contributed by atoms with Crippen molar-refractivity contribution in [1.82, 2.24) is 21.1 Å². The van der Waals surface area contributed by atoms with Gasteiger partial charge in [0.15, 0.2) is 0 Å². The van der Waals surface area contributed by atoms with Crippen LogP contribution in [0.25, 0.3) is 0 Å². The second-order valence-electron chi connectivity index (χ2n) is 7.96. The summed E-state index contributed by atoms with van der Waals surface area (Å²) in [6, 6.07) is 5.93. The minimum atomic E-state index is -2.88. The Bertz CT molecular complexity index is 746. The third-order valence-corrected chi connectivity index (χ3v) is 6.12. The molecule has 1 saturated carbocycles. The maximum atomic E-state index is 13.0. The molecule has 4 atom stereocenters. The van der Waals surface area contributed by atoms with Crippen molar-refractivity contribution >= 4 is 11.8 Å². The van der Waals surface area contributed by atoms with Crippen LogP contribution in [-0.4, -0.2) is 48.0 Å². The summed E-state index contributed by atoms with van der Waals surface area (Å²) in [5.74, 6) is 0.396. The van der Waals surface area contributed by atoms with E-state index < -0.39 is 12.7 Å². The van der Waals surface area contributed by atoms with Gasteiger partial charge in [-0.3, -0.25) is 20.4 Å². The van der Waals surface area contributed by atoms with Crippen molar-refractivity contribution in [2.24, 2.45) is 5.92 Å². The number of hydrogen-bond donors (Lipinski definition) is 3. The molecule has 1 aliphatic carbocycles. The fourth-order valence-corrected chi connectivity index (χ4v) is 4.66. The summed E-state index contributed by atoms with van der Waals surface area (Å²) in [6.45, 7) is -1.70. The van der Waals surface area contributed by atoms with E-state index in [0.717, 1.165) is 31.4 Å². The number of nitrogens with one attached hydrogen (secondary N) is 3. The van der Waals surface area contributed by atoms with Crippen LogP contribution in [0, 0.1) is 5.92 Å². The normalized spacial score (nSPS) is 29.2. The van der Waals surface area contributed by atoms with E-state index in [4.69, 9.17) is 0 Å². The Labute approximate surface area is 168 Å². The van der Waals surface area contributed by atoms with Crippen LogP contribution in [0.5, 0.6) is 5.75 Å². The molecule has 7 nitrogen and oxygen atoms in total. The van der Waals surface area contributed by atoms with Gasteiger partial charge in [0.05, 0.1) is 0 Å². The number of likely N-dealkylation sites (tertiary alicyclic amines) is 1. The minimum Gasteiger partial charge on any atom is -0.435 e. The molecular formula is C20H26F2N4O3. The average Bonchev–Trinajstić information content (AvgIpc) is 3.31. The Morgan fingerprint density at radius 1 is 1.24 bits per heavy atom. The van der Waals surface area contributed by atoms with Crippen molar-refractivity contribution in [3.05, 3.63) is 29.8 Å². The molecule has 0 spiro atoms. The maximum Gasteiger partial charge on any atom is 0.387 e. The number of benzene rings is 1. The quantitative estimate of drug-likeness (QED) is 0.665. The molecule has 158 valence electrons. The van der Waals surface area contributed by atoms with Crippen molar-refractivity contribution < 1.29 is 23.1 Å². The van der Waals surface area contributed by atoms with Crippen LogP contribution < -0.4 is 20.9 Å². The molecule has 3 fully saturated rings. The zero-order valence-electron chi connectivity index (χ0n) is 16.1. The lowest BCUT2D eigenvalue weighted by molar-refractivity contribution is -0.136. The van der Waals surface area contributed by atoms with Crippen molar-refractivity contribution in [2.75, 3.05) is 6.54 Å². The molecule has 4 unspecified atom stereocenters.